The zero-order valence-electron chi connectivity index (χ0n) is 20.0. The molecule has 0 spiro atoms. The SMILES string of the molecule is COC1=C[C@H]2[C@H]3Cc4c(/C=C/C(=O)OCC(C)C)cc(OC)c(O)c4[C@@]2(CCN3C)CC1=O. The van der Waals surface area contributed by atoms with Crippen LogP contribution in [0.5, 0.6) is 11.5 Å². The smallest absolute Gasteiger partial charge is 0.330 e. The molecule has 1 saturated heterocycles. The van der Waals surface area contributed by atoms with Crippen LogP contribution < -0.4 is 4.74 Å². The van der Waals surface area contributed by atoms with Crippen molar-refractivity contribution in [2.24, 2.45) is 11.8 Å². The van der Waals surface area contributed by atoms with Gasteiger partial charge in [0.25, 0.3) is 0 Å². The average molecular weight is 456 g/mol. The van der Waals surface area contributed by atoms with E-state index in [4.69, 9.17) is 14.2 Å². The van der Waals surface area contributed by atoms with E-state index in [0.717, 1.165) is 29.7 Å². The second-order valence-corrected chi connectivity index (χ2v) is 9.75. The molecule has 178 valence electrons. The summed E-state index contributed by atoms with van der Waals surface area (Å²) in [6, 6.07) is 1.91. The molecule has 0 radical (unpaired) electrons. The summed E-state index contributed by atoms with van der Waals surface area (Å²) in [4.78, 5) is 27.5. The van der Waals surface area contributed by atoms with Crippen molar-refractivity contribution in [2.45, 2.75) is 44.6 Å². The van der Waals surface area contributed by atoms with Crippen LogP contribution in [0, 0.1) is 11.8 Å². The number of methoxy groups -OCH3 is 2. The summed E-state index contributed by atoms with van der Waals surface area (Å²) in [6.07, 6.45) is 6.79. The number of rotatable bonds is 6. The molecule has 0 aromatic heterocycles. The van der Waals surface area contributed by atoms with Crippen LogP contribution in [-0.2, 0) is 30.9 Å². The van der Waals surface area contributed by atoms with Crippen molar-refractivity contribution < 1.29 is 28.9 Å². The van der Waals surface area contributed by atoms with Crippen molar-refractivity contribution in [3.8, 4) is 11.5 Å². The zero-order valence-corrected chi connectivity index (χ0v) is 20.0. The van der Waals surface area contributed by atoms with Crippen LogP contribution in [-0.4, -0.2) is 62.2 Å². The molecular formula is C26H33NO6. The van der Waals surface area contributed by atoms with E-state index in [1.165, 1.54) is 20.3 Å². The van der Waals surface area contributed by atoms with Gasteiger partial charge in [-0.1, -0.05) is 13.8 Å². The molecule has 4 rings (SSSR count). The fourth-order valence-electron chi connectivity index (χ4n) is 5.73. The summed E-state index contributed by atoms with van der Waals surface area (Å²) >= 11 is 0. The second-order valence-electron chi connectivity index (χ2n) is 9.75. The number of hydrogen-bond acceptors (Lipinski definition) is 7. The largest absolute Gasteiger partial charge is 0.504 e. The van der Waals surface area contributed by atoms with E-state index >= 15 is 0 Å². The molecule has 1 N–H and O–H groups in total. The zero-order chi connectivity index (χ0) is 23.9. The molecule has 7 heteroatoms. The Bertz CT molecular complexity index is 1030. The highest BCUT2D eigenvalue weighted by molar-refractivity contribution is 5.96. The number of carbonyl (C=O) groups excluding carboxylic acids is 2. The van der Waals surface area contributed by atoms with Crippen LogP contribution in [0.25, 0.3) is 6.08 Å². The number of carbonyl (C=O) groups is 2. The Morgan fingerprint density at radius 2 is 2.09 bits per heavy atom. The Morgan fingerprint density at radius 3 is 2.76 bits per heavy atom. The van der Waals surface area contributed by atoms with Gasteiger partial charge in [0.2, 0.25) is 0 Å². The molecule has 2 bridgehead atoms. The quantitative estimate of drug-likeness (QED) is 0.521. The number of ketones is 1. The van der Waals surface area contributed by atoms with Gasteiger partial charge in [-0.2, -0.15) is 0 Å². The number of nitrogens with zero attached hydrogens (tertiary/aromatic N) is 1. The van der Waals surface area contributed by atoms with Crippen molar-refractivity contribution >= 4 is 17.8 Å². The van der Waals surface area contributed by atoms with Crippen molar-refractivity contribution in [1.82, 2.24) is 4.90 Å². The third kappa shape index (κ3) is 3.92. The fraction of sp³-hybridized carbons (Fsp3) is 0.538. The third-order valence-electron chi connectivity index (χ3n) is 7.33. The Morgan fingerprint density at radius 1 is 1.33 bits per heavy atom. The number of hydrogen-bond donors (Lipinski definition) is 1. The predicted molar refractivity (Wildman–Crippen MR) is 124 cm³/mol. The number of phenolic OH excluding ortho intramolecular Hbond substituents is 1. The molecule has 1 heterocycles. The number of ether oxygens (including phenoxy) is 3. The van der Waals surface area contributed by atoms with Gasteiger partial charge in [0.1, 0.15) is 0 Å². The Hall–Kier alpha value is -2.80. The van der Waals surface area contributed by atoms with E-state index in [2.05, 4.69) is 11.9 Å². The minimum Gasteiger partial charge on any atom is -0.504 e. The maximum atomic E-state index is 13.0. The number of aromatic hydroxyl groups is 1. The van der Waals surface area contributed by atoms with E-state index in [9.17, 15) is 14.7 Å². The Labute approximate surface area is 195 Å². The average Bonchev–Trinajstić information content (AvgIpc) is 2.78. The van der Waals surface area contributed by atoms with E-state index in [-0.39, 0.29) is 35.8 Å². The van der Waals surface area contributed by atoms with Crippen LogP contribution in [0.15, 0.2) is 24.0 Å². The van der Waals surface area contributed by atoms with E-state index in [0.29, 0.717) is 24.5 Å². The molecule has 3 atom stereocenters. The summed E-state index contributed by atoms with van der Waals surface area (Å²) in [5.41, 5.74) is 1.99. The third-order valence-corrected chi connectivity index (χ3v) is 7.33. The van der Waals surface area contributed by atoms with Crippen molar-refractivity contribution in [3.63, 3.8) is 0 Å². The summed E-state index contributed by atoms with van der Waals surface area (Å²) in [5, 5.41) is 11.3. The first kappa shape index (κ1) is 23.4. The van der Waals surface area contributed by atoms with Gasteiger partial charge < -0.3 is 24.2 Å². The van der Waals surface area contributed by atoms with E-state index < -0.39 is 11.4 Å². The Kier molecular flexibility index (Phi) is 6.27. The molecule has 2 aliphatic carbocycles. The molecule has 1 aliphatic heterocycles. The molecule has 3 aliphatic rings. The van der Waals surface area contributed by atoms with Gasteiger partial charge in [-0.3, -0.25) is 4.79 Å². The summed E-state index contributed by atoms with van der Waals surface area (Å²) in [6.45, 7) is 5.15. The standard InChI is InChI=1S/C26H33NO6/c1-15(2)14-33-23(29)7-6-16-10-22(32-5)25(30)24-17(16)11-19-18-12-21(31-4)20(28)13-26(18,24)8-9-27(19)3/h6-7,10,12,15,18-19,30H,8-9,11,13-14H2,1-5H3/b7-6+/t18-,19+,26-/m0/s1. The highest BCUT2D eigenvalue weighted by atomic mass is 16.5. The van der Waals surface area contributed by atoms with Crippen molar-refractivity contribution in [2.75, 3.05) is 34.4 Å². The molecule has 0 amide bonds. The topological polar surface area (TPSA) is 85.3 Å². The van der Waals surface area contributed by atoms with Gasteiger partial charge in [-0.25, -0.2) is 4.79 Å². The first-order valence-electron chi connectivity index (χ1n) is 11.5. The number of allylic oxidation sites excluding steroid dienone is 1. The maximum Gasteiger partial charge on any atom is 0.330 e. The van der Waals surface area contributed by atoms with Gasteiger partial charge >= 0.3 is 5.97 Å². The summed E-state index contributed by atoms with van der Waals surface area (Å²) < 4.78 is 16.2. The molecule has 33 heavy (non-hydrogen) atoms. The van der Waals surface area contributed by atoms with Gasteiger partial charge in [0.05, 0.1) is 20.8 Å². The molecule has 7 nitrogen and oxygen atoms in total. The van der Waals surface area contributed by atoms with Crippen molar-refractivity contribution in [3.05, 3.63) is 40.7 Å². The van der Waals surface area contributed by atoms with Crippen LogP contribution in [0.1, 0.15) is 43.4 Å². The molecular weight excluding hydrogens is 422 g/mol. The number of phenols is 1. The van der Waals surface area contributed by atoms with Gasteiger partial charge in [0.15, 0.2) is 23.0 Å². The lowest BCUT2D eigenvalue weighted by Crippen LogP contribution is -2.60. The van der Waals surface area contributed by atoms with Gasteiger partial charge in [-0.15, -0.1) is 0 Å². The molecule has 1 aromatic rings. The number of esters is 1. The minimum atomic E-state index is -0.538. The molecule has 0 saturated carbocycles. The van der Waals surface area contributed by atoms with Gasteiger partial charge in [-0.05, 0) is 61.7 Å². The monoisotopic (exact) mass is 455 g/mol. The second kappa shape index (κ2) is 8.86. The number of likely N-dealkylation sites (N-methyl/N-ethyl adjacent to an activating group) is 1. The Balaban J connectivity index is 1.85. The van der Waals surface area contributed by atoms with Crippen molar-refractivity contribution in [1.29, 1.82) is 0 Å². The number of likely N-dealkylation sites (tertiary alicyclic amines) is 1. The highest BCUT2D eigenvalue weighted by Gasteiger charge is 2.57. The maximum absolute atomic E-state index is 13.0. The lowest BCUT2D eigenvalue weighted by atomic mass is 9.53. The number of fused-ring (bicyclic) bond motifs is 1. The number of piperidine rings is 1. The van der Waals surface area contributed by atoms with Gasteiger partial charge in [0, 0.05) is 35.4 Å². The van der Waals surface area contributed by atoms with E-state index in [1.807, 2.05) is 19.9 Å². The summed E-state index contributed by atoms with van der Waals surface area (Å²) in [5.74, 6) is 0.641. The molecule has 0 unspecified atom stereocenters. The first-order valence-corrected chi connectivity index (χ1v) is 11.5. The predicted octanol–water partition coefficient (Wildman–Crippen LogP) is 3.23. The van der Waals surface area contributed by atoms with Crippen LogP contribution >= 0.6 is 0 Å². The van der Waals surface area contributed by atoms with E-state index in [1.54, 1.807) is 12.1 Å². The van der Waals surface area contributed by atoms with Crippen LogP contribution in [0.4, 0.5) is 0 Å². The fourth-order valence-corrected chi connectivity index (χ4v) is 5.73. The minimum absolute atomic E-state index is 0.0299. The first-order chi connectivity index (χ1) is 15.7. The van der Waals surface area contributed by atoms with Crippen LogP contribution in [0.3, 0.4) is 0 Å². The number of Topliss-reactive ketones (excluding diaryl/α,β-unsaturated/α-hetero) is 1. The lowest BCUT2D eigenvalue weighted by Gasteiger charge is -2.56. The highest BCUT2D eigenvalue weighted by Crippen LogP contribution is 2.58. The lowest BCUT2D eigenvalue weighted by molar-refractivity contribution is -0.138. The normalized spacial score (nSPS) is 26.6. The molecule has 1 fully saturated rings. The number of benzene rings is 1. The molecule has 1 aromatic carbocycles. The van der Waals surface area contributed by atoms with Crippen LogP contribution in [0.2, 0.25) is 0 Å². The summed E-state index contributed by atoms with van der Waals surface area (Å²) in [7, 11) is 5.13.